The van der Waals surface area contributed by atoms with Gasteiger partial charge in [0.25, 0.3) is 0 Å². The molecule has 4 nitrogen and oxygen atoms in total. The zero-order valence-electron chi connectivity index (χ0n) is 13.2. The number of likely N-dealkylation sites (tertiary alicyclic amines) is 1. The lowest BCUT2D eigenvalue weighted by Crippen LogP contribution is -2.35. The molecule has 0 radical (unpaired) electrons. The first-order valence-electron chi connectivity index (χ1n) is 7.94. The van der Waals surface area contributed by atoms with Gasteiger partial charge in [-0.25, -0.2) is 0 Å². The van der Waals surface area contributed by atoms with Crippen molar-refractivity contribution >= 4 is 29.9 Å². The summed E-state index contributed by atoms with van der Waals surface area (Å²) in [7, 11) is 2.21. The molecule has 0 aromatic heterocycles. The van der Waals surface area contributed by atoms with E-state index < -0.39 is 0 Å². The molecule has 120 valence electrons. The van der Waals surface area contributed by atoms with Crippen molar-refractivity contribution < 1.29 is 0 Å². The molecule has 1 aliphatic heterocycles. The van der Waals surface area contributed by atoms with Crippen molar-refractivity contribution in [2.45, 2.75) is 51.9 Å². The average molecular weight is 396 g/mol. The van der Waals surface area contributed by atoms with Crippen molar-refractivity contribution in [1.29, 1.82) is 0 Å². The zero-order chi connectivity index (χ0) is 13.9. The molecule has 1 aliphatic rings. The SMILES string of the molecule is CCCCCCN=C(N)NCCC1CCN(C)CC1.I. The number of aliphatic imine (C=N–C) groups is 1. The van der Waals surface area contributed by atoms with Crippen LogP contribution in [0.25, 0.3) is 0 Å². The first-order valence-corrected chi connectivity index (χ1v) is 7.94. The summed E-state index contributed by atoms with van der Waals surface area (Å²) >= 11 is 0. The van der Waals surface area contributed by atoms with E-state index in [9.17, 15) is 0 Å². The molecule has 0 amide bonds. The van der Waals surface area contributed by atoms with E-state index in [-0.39, 0.29) is 24.0 Å². The third-order valence-electron chi connectivity index (χ3n) is 3.99. The summed E-state index contributed by atoms with van der Waals surface area (Å²) in [5.74, 6) is 1.49. The number of nitrogens with zero attached hydrogens (tertiary/aromatic N) is 2. The molecule has 3 N–H and O–H groups in total. The van der Waals surface area contributed by atoms with Gasteiger partial charge < -0.3 is 16.0 Å². The Hall–Kier alpha value is -0.0400. The highest BCUT2D eigenvalue weighted by Gasteiger charge is 2.15. The highest BCUT2D eigenvalue weighted by molar-refractivity contribution is 14.0. The molecule has 5 heteroatoms. The Morgan fingerprint density at radius 2 is 1.95 bits per heavy atom. The predicted octanol–water partition coefficient (Wildman–Crippen LogP) is 2.82. The number of unbranched alkanes of at least 4 members (excludes halogenated alkanes) is 3. The lowest BCUT2D eigenvalue weighted by atomic mass is 9.94. The van der Waals surface area contributed by atoms with Crippen molar-refractivity contribution in [3.05, 3.63) is 0 Å². The van der Waals surface area contributed by atoms with E-state index in [1.807, 2.05) is 0 Å². The molecular weight excluding hydrogens is 363 g/mol. The molecule has 0 spiro atoms. The second-order valence-electron chi connectivity index (χ2n) is 5.79. The molecule has 0 aromatic rings. The summed E-state index contributed by atoms with van der Waals surface area (Å²) in [6.45, 7) is 6.55. The maximum Gasteiger partial charge on any atom is 0.188 e. The van der Waals surface area contributed by atoms with Gasteiger partial charge in [0.2, 0.25) is 0 Å². The predicted molar refractivity (Wildman–Crippen MR) is 98.9 cm³/mol. The summed E-state index contributed by atoms with van der Waals surface area (Å²) in [6.07, 6.45) is 8.87. The van der Waals surface area contributed by atoms with Crippen LogP contribution < -0.4 is 11.1 Å². The van der Waals surface area contributed by atoms with Crippen LogP contribution in [0.5, 0.6) is 0 Å². The van der Waals surface area contributed by atoms with Crippen LogP contribution in [0.2, 0.25) is 0 Å². The van der Waals surface area contributed by atoms with E-state index >= 15 is 0 Å². The topological polar surface area (TPSA) is 53.6 Å². The van der Waals surface area contributed by atoms with Crippen molar-refractivity contribution in [2.75, 3.05) is 33.2 Å². The zero-order valence-corrected chi connectivity index (χ0v) is 15.6. The minimum atomic E-state index is 0. The third kappa shape index (κ3) is 9.80. The molecule has 0 aromatic carbocycles. The van der Waals surface area contributed by atoms with Gasteiger partial charge in [0.05, 0.1) is 0 Å². The van der Waals surface area contributed by atoms with Crippen molar-refractivity contribution in [1.82, 2.24) is 10.2 Å². The standard InChI is InChI=1S/C15H32N4.HI/c1-3-4-5-6-10-17-15(16)18-11-7-14-8-12-19(2)13-9-14;/h14H,3-13H2,1-2H3,(H3,16,17,18);1H. The highest BCUT2D eigenvalue weighted by Crippen LogP contribution is 2.18. The van der Waals surface area contributed by atoms with E-state index in [0.717, 1.165) is 25.4 Å². The lowest BCUT2D eigenvalue weighted by Gasteiger charge is -2.28. The number of nitrogens with two attached hydrogens (primary N) is 1. The third-order valence-corrected chi connectivity index (χ3v) is 3.99. The summed E-state index contributed by atoms with van der Waals surface area (Å²) in [4.78, 5) is 6.78. The number of halogens is 1. The van der Waals surface area contributed by atoms with Crippen LogP contribution in [-0.2, 0) is 0 Å². The van der Waals surface area contributed by atoms with Gasteiger partial charge in [0.1, 0.15) is 0 Å². The summed E-state index contributed by atoms with van der Waals surface area (Å²) < 4.78 is 0. The largest absolute Gasteiger partial charge is 0.370 e. The van der Waals surface area contributed by atoms with Gasteiger partial charge in [-0.05, 0) is 51.7 Å². The van der Waals surface area contributed by atoms with Gasteiger partial charge in [-0.2, -0.15) is 0 Å². The van der Waals surface area contributed by atoms with Crippen LogP contribution in [0.1, 0.15) is 51.9 Å². The number of guanidine groups is 1. The minimum absolute atomic E-state index is 0. The minimum Gasteiger partial charge on any atom is -0.370 e. The van der Waals surface area contributed by atoms with Crippen LogP contribution in [-0.4, -0.2) is 44.1 Å². The second kappa shape index (κ2) is 12.7. The van der Waals surface area contributed by atoms with Crippen LogP contribution in [0, 0.1) is 5.92 Å². The normalized spacial score (nSPS) is 17.8. The summed E-state index contributed by atoms with van der Waals surface area (Å²) in [5, 5.41) is 3.25. The summed E-state index contributed by atoms with van der Waals surface area (Å²) in [6, 6.07) is 0. The van der Waals surface area contributed by atoms with Gasteiger partial charge in [0, 0.05) is 13.1 Å². The molecule has 0 aliphatic carbocycles. The molecule has 1 heterocycles. The number of hydrogen-bond donors (Lipinski definition) is 2. The Morgan fingerprint density at radius 3 is 2.60 bits per heavy atom. The fourth-order valence-corrected chi connectivity index (χ4v) is 2.55. The molecule has 0 saturated carbocycles. The molecule has 0 unspecified atom stereocenters. The monoisotopic (exact) mass is 396 g/mol. The molecule has 1 rings (SSSR count). The van der Waals surface area contributed by atoms with Gasteiger partial charge in [-0.3, -0.25) is 4.99 Å². The molecule has 1 saturated heterocycles. The number of piperidine rings is 1. The van der Waals surface area contributed by atoms with E-state index in [0.29, 0.717) is 5.96 Å². The van der Waals surface area contributed by atoms with Crippen LogP contribution >= 0.6 is 24.0 Å². The molecular formula is C15H33IN4. The Labute approximate surface area is 142 Å². The fraction of sp³-hybridized carbons (Fsp3) is 0.933. The summed E-state index contributed by atoms with van der Waals surface area (Å²) in [5.41, 5.74) is 5.86. The Morgan fingerprint density at radius 1 is 1.25 bits per heavy atom. The lowest BCUT2D eigenvalue weighted by molar-refractivity contribution is 0.213. The van der Waals surface area contributed by atoms with Crippen molar-refractivity contribution in [2.24, 2.45) is 16.6 Å². The van der Waals surface area contributed by atoms with Gasteiger partial charge >= 0.3 is 0 Å². The van der Waals surface area contributed by atoms with Gasteiger partial charge in [0.15, 0.2) is 5.96 Å². The van der Waals surface area contributed by atoms with Crippen molar-refractivity contribution in [3.63, 3.8) is 0 Å². The van der Waals surface area contributed by atoms with E-state index in [4.69, 9.17) is 5.73 Å². The number of hydrogen-bond acceptors (Lipinski definition) is 2. The van der Waals surface area contributed by atoms with E-state index in [1.54, 1.807) is 0 Å². The maximum absolute atomic E-state index is 5.86. The number of rotatable bonds is 8. The fourth-order valence-electron chi connectivity index (χ4n) is 2.55. The number of nitrogens with one attached hydrogen (secondary N) is 1. The van der Waals surface area contributed by atoms with E-state index in [2.05, 4.69) is 29.2 Å². The van der Waals surface area contributed by atoms with Crippen LogP contribution in [0.4, 0.5) is 0 Å². The van der Waals surface area contributed by atoms with Crippen LogP contribution in [0.3, 0.4) is 0 Å². The van der Waals surface area contributed by atoms with Crippen LogP contribution in [0.15, 0.2) is 4.99 Å². The van der Waals surface area contributed by atoms with Gasteiger partial charge in [-0.15, -0.1) is 24.0 Å². The smallest absolute Gasteiger partial charge is 0.188 e. The second-order valence-corrected chi connectivity index (χ2v) is 5.79. The molecule has 0 bridgehead atoms. The van der Waals surface area contributed by atoms with Crippen molar-refractivity contribution in [3.8, 4) is 0 Å². The maximum atomic E-state index is 5.86. The molecule has 0 atom stereocenters. The highest BCUT2D eigenvalue weighted by atomic mass is 127. The van der Waals surface area contributed by atoms with Gasteiger partial charge in [-0.1, -0.05) is 26.2 Å². The van der Waals surface area contributed by atoms with E-state index in [1.165, 1.54) is 51.6 Å². The molecule has 1 fully saturated rings. The first-order chi connectivity index (χ1) is 9.22. The molecule has 20 heavy (non-hydrogen) atoms. The quantitative estimate of drug-likeness (QED) is 0.287. The Kier molecular flexibility index (Phi) is 12.7. The Bertz CT molecular complexity index is 250. The Balaban J connectivity index is 0.00000361. The average Bonchev–Trinajstić information content (AvgIpc) is 2.41. The first kappa shape index (κ1) is 20.0.